The third kappa shape index (κ3) is 5.01. The fraction of sp³-hybridized carbons (Fsp3) is 0.250. The zero-order chi connectivity index (χ0) is 18.4. The van der Waals surface area contributed by atoms with Crippen LogP contribution in [0.25, 0.3) is 11.6 Å². The molecule has 0 saturated carbocycles. The molecule has 0 fully saturated rings. The molecule has 0 heterocycles. The molecule has 2 rings (SSSR count). The maximum atomic E-state index is 9.51. The number of nitriles is 1. The Kier molecular flexibility index (Phi) is 6.92. The van der Waals surface area contributed by atoms with Gasteiger partial charge in [-0.3, -0.25) is 0 Å². The molecule has 3 nitrogen and oxygen atoms in total. The van der Waals surface area contributed by atoms with Crippen molar-refractivity contribution >= 4 is 39.2 Å². The van der Waals surface area contributed by atoms with E-state index < -0.39 is 0 Å². The third-order valence-corrected chi connectivity index (χ3v) is 4.49. The summed E-state index contributed by atoms with van der Waals surface area (Å²) in [5.74, 6) is 1.07. The van der Waals surface area contributed by atoms with Crippen molar-refractivity contribution in [3.63, 3.8) is 0 Å². The molecule has 0 spiro atoms. The van der Waals surface area contributed by atoms with Crippen LogP contribution in [0, 0.1) is 11.3 Å². The van der Waals surface area contributed by atoms with Crippen molar-refractivity contribution in [2.75, 3.05) is 7.11 Å². The van der Waals surface area contributed by atoms with Gasteiger partial charge in [-0.15, -0.1) is 0 Å². The molecular formula is C20H19BrClNO2. The number of rotatable bonds is 6. The Morgan fingerprint density at radius 1 is 1.36 bits per heavy atom. The molecule has 0 aromatic heterocycles. The van der Waals surface area contributed by atoms with Crippen molar-refractivity contribution in [1.29, 1.82) is 5.26 Å². The first kappa shape index (κ1) is 19.4. The maximum Gasteiger partial charge on any atom is 0.180 e. The second kappa shape index (κ2) is 8.94. The van der Waals surface area contributed by atoms with Gasteiger partial charge in [0, 0.05) is 4.47 Å². The lowest BCUT2D eigenvalue weighted by atomic mass is 10.0. The number of ether oxygens (including phenoxy) is 2. The van der Waals surface area contributed by atoms with E-state index in [9.17, 15) is 5.26 Å². The van der Waals surface area contributed by atoms with E-state index in [-0.39, 0.29) is 6.10 Å². The number of nitrogens with zero attached hydrogens (tertiary/aromatic N) is 1. The minimum absolute atomic E-state index is 0.0316. The summed E-state index contributed by atoms with van der Waals surface area (Å²) in [6.45, 7) is 4.02. The van der Waals surface area contributed by atoms with E-state index in [0.29, 0.717) is 22.1 Å². The first-order chi connectivity index (χ1) is 12.0. The lowest BCUT2D eigenvalue weighted by molar-refractivity contribution is 0.208. The zero-order valence-corrected chi connectivity index (χ0v) is 16.7. The van der Waals surface area contributed by atoms with Crippen LogP contribution in [0.1, 0.15) is 31.4 Å². The monoisotopic (exact) mass is 419 g/mol. The predicted molar refractivity (Wildman–Crippen MR) is 106 cm³/mol. The highest BCUT2D eigenvalue weighted by atomic mass is 79.9. The molecule has 0 aliphatic carbocycles. The van der Waals surface area contributed by atoms with Gasteiger partial charge in [0.25, 0.3) is 0 Å². The van der Waals surface area contributed by atoms with Crippen LogP contribution < -0.4 is 9.47 Å². The van der Waals surface area contributed by atoms with Crippen LogP contribution in [0.3, 0.4) is 0 Å². The molecule has 2 aromatic carbocycles. The highest BCUT2D eigenvalue weighted by Crippen LogP contribution is 2.38. The van der Waals surface area contributed by atoms with Gasteiger partial charge >= 0.3 is 0 Å². The highest BCUT2D eigenvalue weighted by molar-refractivity contribution is 9.10. The van der Waals surface area contributed by atoms with Crippen LogP contribution in [0.4, 0.5) is 0 Å². The van der Waals surface area contributed by atoms with Crippen molar-refractivity contribution in [2.45, 2.75) is 26.4 Å². The summed E-state index contributed by atoms with van der Waals surface area (Å²) in [6.07, 6.45) is 2.68. The fourth-order valence-corrected chi connectivity index (χ4v) is 2.89. The summed E-state index contributed by atoms with van der Waals surface area (Å²) in [5.41, 5.74) is 2.14. The summed E-state index contributed by atoms with van der Waals surface area (Å²) in [6, 6.07) is 13.4. The van der Waals surface area contributed by atoms with Gasteiger partial charge in [0.1, 0.15) is 0 Å². The normalized spacial score (nSPS) is 12.4. The Labute approximate surface area is 162 Å². The van der Waals surface area contributed by atoms with Gasteiger partial charge in [-0.05, 0) is 54.8 Å². The Morgan fingerprint density at radius 2 is 2.12 bits per heavy atom. The largest absolute Gasteiger partial charge is 0.493 e. The first-order valence-corrected chi connectivity index (χ1v) is 9.07. The Hall–Kier alpha value is -1.96. The van der Waals surface area contributed by atoms with Gasteiger partial charge in [0.15, 0.2) is 11.5 Å². The molecule has 0 amide bonds. The SMILES string of the molecule is CCC(C)Oc1c(Cl)cc(C=C(C#N)c2cccc(Br)c2)cc1OC. The van der Waals surface area contributed by atoms with E-state index >= 15 is 0 Å². The topological polar surface area (TPSA) is 42.2 Å². The number of allylic oxidation sites excluding steroid dienone is 1. The number of benzene rings is 2. The van der Waals surface area contributed by atoms with E-state index in [4.69, 9.17) is 21.1 Å². The van der Waals surface area contributed by atoms with Gasteiger partial charge < -0.3 is 9.47 Å². The minimum Gasteiger partial charge on any atom is -0.493 e. The van der Waals surface area contributed by atoms with Crippen LogP contribution >= 0.6 is 27.5 Å². The molecule has 1 atom stereocenters. The van der Waals surface area contributed by atoms with E-state index in [1.807, 2.05) is 44.2 Å². The minimum atomic E-state index is 0.0316. The van der Waals surface area contributed by atoms with E-state index in [1.165, 1.54) is 0 Å². The number of hydrogen-bond donors (Lipinski definition) is 0. The van der Waals surface area contributed by atoms with Crippen molar-refractivity contribution in [3.05, 3.63) is 57.0 Å². The summed E-state index contributed by atoms with van der Waals surface area (Å²) in [7, 11) is 1.57. The molecule has 0 aliphatic heterocycles. The fourth-order valence-electron chi connectivity index (χ4n) is 2.22. The van der Waals surface area contributed by atoms with Crippen molar-refractivity contribution < 1.29 is 9.47 Å². The van der Waals surface area contributed by atoms with E-state index in [0.717, 1.165) is 22.0 Å². The summed E-state index contributed by atoms with van der Waals surface area (Å²) >= 11 is 9.81. The molecule has 1 unspecified atom stereocenters. The standard InChI is InChI=1S/C20H19BrClNO2/c1-4-13(2)25-20-18(22)9-14(10-19(20)24-3)8-16(12-23)15-6-5-7-17(21)11-15/h5-11,13H,4H2,1-3H3. The molecule has 0 bridgehead atoms. The first-order valence-electron chi connectivity index (χ1n) is 7.90. The molecule has 5 heteroatoms. The average molecular weight is 421 g/mol. The number of halogens is 2. The maximum absolute atomic E-state index is 9.51. The zero-order valence-electron chi connectivity index (χ0n) is 14.3. The lowest BCUT2D eigenvalue weighted by Crippen LogP contribution is -2.11. The van der Waals surface area contributed by atoms with Crippen LogP contribution in [-0.4, -0.2) is 13.2 Å². The smallest absolute Gasteiger partial charge is 0.180 e. The average Bonchev–Trinajstić information content (AvgIpc) is 2.61. The molecule has 130 valence electrons. The summed E-state index contributed by atoms with van der Waals surface area (Å²) < 4.78 is 12.2. The van der Waals surface area contributed by atoms with Crippen LogP contribution in [0.5, 0.6) is 11.5 Å². The molecular weight excluding hydrogens is 402 g/mol. The van der Waals surface area contributed by atoms with Gasteiger partial charge in [0.2, 0.25) is 0 Å². The third-order valence-electron chi connectivity index (χ3n) is 3.71. The molecule has 2 aromatic rings. The van der Waals surface area contributed by atoms with Crippen LogP contribution in [0.15, 0.2) is 40.9 Å². The summed E-state index contributed by atoms with van der Waals surface area (Å²) in [5, 5.41) is 9.97. The van der Waals surface area contributed by atoms with Crippen molar-refractivity contribution in [1.82, 2.24) is 0 Å². The molecule has 0 N–H and O–H groups in total. The molecule has 0 radical (unpaired) electrons. The summed E-state index contributed by atoms with van der Waals surface area (Å²) in [4.78, 5) is 0. The van der Waals surface area contributed by atoms with Crippen molar-refractivity contribution in [3.8, 4) is 17.6 Å². The number of methoxy groups -OCH3 is 1. The Bertz CT molecular complexity index is 827. The molecule has 0 aliphatic rings. The molecule has 25 heavy (non-hydrogen) atoms. The lowest BCUT2D eigenvalue weighted by Gasteiger charge is -2.17. The van der Waals surface area contributed by atoms with Gasteiger partial charge in [0.05, 0.1) is 29.9 Å². The predicted octanol–water partition coefficient (Wildman–Crippen LogP) is 6.35. The van der Waals surface area contributed by atoms with Crippen LogP contribution in [-0.2, 0) is 0 Å². The van der Waals surface area contributed by atoms with Gasteiger partial charge in [-0.1, -0.05) is 46.6 Å². The second-order valence-corrected chi connectivity index (χ2v) is 6.87. The Morgan fingerprint density at radius 3 is 2.72 bits per heavy atom. The number of hydrogen-bond acceptors (Lipinski definition) is 3. The second-order valence-electron chi connectivity index (χ2n) is 5.55. The van der Waals surface area contributed by atoms with Crippen molar-refractivity contribution in [2.24, 2.45) is 0 Å². The van der Waals surface area contributed by atoms with Crippen LogP contribution in [0.2, 0.25) is 5.02 Å². The quantitative estimate of drug-likeness (QED) is 0.404. The van der Waals surface area contributed by atoms with Gasteiger partial charge in [-0.25, -0.2) is 0 Å². The van der Waals surface area contributed by atoms with E-state index in [1.54, 1.807) is 19.3 Å². The molecule has 0 saturated heterocycles. The Balaban J connectivity index is 2.45. The highest BCUT2D eigenvalue weighted by Gasteiger charge is 2.14. The van der Waals surface area contributed by atoms with E-state index in [2.05, 4.69) is 22.0 Å². The van der Waals surface area contributed by atoms with Gasteiger partial charge in [-0.2, -0.15) is 5.26 Å².